The number of pyridine rings is 1. The summed E-state index contributed by atoms with van der Waals surface area (Å²) >= 11 is 1.76. The lowest BCUT2D eigenvalue weighted by molar-refractivity contribution is 0.0690. The minimum absolute atomic E-state index is 0.00145. The molecule has 0 spiro atoms. The summed E-state index contributed by atoms with van der Waals surface area (Å²) in [6, 6.07) is 2.94. The van der Waals surface area contributed by atoms with Gasteiger partial charge in [-0.2, -0.15) is 11.8 Å². The van der Waals surface area contributed by atoms with Gasteiger partial charge in [-0.3, -0.25) is 0 Å². The summed E-state index contributed by atoms with van der Waals surface area (Å²) in [7, 11) is 0. The third kappa shape index (κ3) is 3.62. The normalized spacial score (nSPS) is 10.1. The minimum atomic E-state index is -1.05. The molecular formula is C10H15N3O2S. The van der Waals surface area contributed by atoms with E-state index in [0.29, 0.717) is 11.5 Å². The van der Waals surface area contributed by atoms with Crippen molar-refractivity contribution in [3.63, 3.8) is 0 Å². The van der Waals surface area contributed by atoms with Gasteiger partial charge in [0.15, 0.2) is 5.69 Å². The Bertz CT molecular complexity index is 371. The molecule has 1 aromatic heterocycles. The van der Waals surface area contributed by atoms with E-state index in [9.17, 15) is 4.79 Å². The maximum absolute atomic E-state index is 10.7. The van der Waals surface area contributed by atoms with Crippen molar-refractivity contribution in [1.82, 2.24) is 4.98 Å². The number of rotatable bonds is 6. The predicted molar refractivity (Wildman–Crippen MR) is 67.1 cm³/mol. The van der Waals surface area contributed by atoms with Crippen LogP contribution in [0.3, 0.4) is 0 Å². The largest absolute Gasteiger partial charge is 0.477 e. The highest BCUT2D eigenvalue weighted by atomic mass is 32.2. The van der Waals surface area contributed by atoms with Crippen LogP contribution in [-0.2, 0) is 0 Å². The fourth-order valence-corrected chi connectivity index (χ4v) is 1.59. The van der Waals surface area contributed by atoms with Crippen LogP contribution >= 0.6 is 11.8 Å². The number of hydrogen-bond donors (Lipinski definition) is 3. The zero-order chi connectivity index (χ0) is 12.0. The number of nitrogens with zero attached hydrogens (tertiary/aromatic N) is 1. The minimum Gasteiger partial charge on any atom is -0.477 e. The Morgan fingerprint density at radius 3 is 3.00 bits per heavy atom. The average Bonchev–Trinajstić information content (AvgIpc) is 2.26. The molecular weight excluding hydrogens is 226 g/mol. The smallest absolute Gasteiger partial charge is 0.354 e. The van der Waals surface area contributed by atoms with E-state index < -0.39 is 5.97 Å². The zero-order valence-electron chi connectivity index (χ0n) is 9.06. The molecule has 0 radical (unpaired) electrons. The first-order chi connectivity index (χ1) is 7.65. The summed E-state index contributed by atoms with van der Waals surface area (Å²) in [6.45, 7) is 0.737. The Morgan fingerprint density at radius 2 is 2.38 bits per heavy atom. The van der Waals surface area contributed by atoms with Gasteiger partial charge in [-0.25, -0.2) is 9.78 Å². The lowest BCUT2D eigenvalue weighted by Crippen LogP contribution is -2.10. The molecule has 4 N–H and O–H groups in total. The Hall–Kier alpha value is -1.43. The van der Waals surface area contributed by atoms with Crippen molar-refractivity contribution in [2.75, 3.05) is 29.6 Å². The van der Waals surface area contributed by atoms with Crippen molar-refractivity contribution < 1.29 is 9.90 Å². The summed E-state index contributed by atoms with van der Waals surface area (Å²) in [4.78, 5) is 14.6. The van der Waals surface area contributed by atoms with Crippen LogP contribution in [0.2, 0.25) is 0 Å². The van der Waals surface area contributed by atoms with Gasteiger partial charge in [-0.05, 0) is 30.6 Å². The molecule has 0 fully saturated rings. The average molecular weight is 241 g/mol. The summed E-state index contributed by atoms with van der Waals surface area (Å²) in [5.74, 6) is 0.444. The number of nitrogens with one attached hydrogen (secondary N) is 1. The van der Waals surface area contributed by atoms with Gasteiger partial charge in [-0.15, -0.1) is 0 Å². The number of nitrogens with two attached hydrogens (primary N) is 1. The highest BCUT2D eigenvalue weighted by Gasteiger charge is 2.07. The lowest BCUT2D eigenvalue weighted by Gasteiger charge is -2.08. The number of hydrogen-bond acceptors (Lipinski definition) is 5. The second kappa shape index (κ2) is 6.22. The molecule has 16 heavy (non-hydrogen) atoms. The highest BCUT2D eigenvalue weighted by molar-refractivity contribution is 7.98. The number of carboxylic acid groups (broad SMARTS) is 1. The number of anilines is 2. The highest BCUT2D eigenvalue weighted by Crippen LogP contribution is 2.15. The Balaban J connectivity index is 2.63. The molecule has 0 aromatic carbocycles. The van der Waals surface area contributed by atoms with Crippen molar-refractivity contribution in [3.05, 3.63) is 17.8 Å². The SMILES string of the molecule is CSCCCNc1nc(C(=O)O)ccc1N. The molecule has 1 aromatic rings. The van der Waals surface area contributed by atoms with E-state index in [-0.39, 0.29) is 5.69 Å². The van der Waals surface area contributed by atoms with Crippen LogP contribution in [0.5, 0.6) is 0 Å². The second-order valence-electron chi connectivity index (χ2n) is 3.21. The summed E-state index contributed by atoms with van der Waals surface area (Å²) < 4.78 is 0. The Kier molecular flexibility index (Phi) is 4.91. The number of thioether (sulfide) groups is 1. The van der Waals surface area contributed by atoms with Gasteiger partial charge in [0.05, 0.1) is 5.69 Å². The van der Waals surface area contributed by atoms with Crippen LogP contribution in [0.15, 0.2) is 12.1 Å². The van der Waals surface area contributed by atoms with Gasteiger partial charge in [0.25, 0.3) is 0 Å². The molecule has 5 nitrogen and oxygen atoms in total. The number of aromatic carboxylic acids is 1. The molecule has 0 bridgehead atoms. The maximum atomic E-state index is 10.7. The monoisotopic (exact) mass is 241 g/mol. The van der Waals surface area contributed by atoms with Gasteiger partial charge in [-0.1, -0.05) is 0 Å². The van der Waals surface area contributed by atoms with Gasteiger partial charge >= 0.3 is 5.97 Å². The molecule has 0 saturated carbocycles. The molecule has 0 atom stereocenters. The van der Waals surface area contributed by atoms with Crippen LogP contribution in [0.1, 0.15) is 16.9 Å². The van der Waals surface area contributed by atoms with Gasteiger partial charge in [0.1, 0.15) is 5.82 Å². The first-order valence-corrected chi connectivity index (χ1v) is 6.27. The fourth-order valence-electron chi connectivity index (χ4n) is 1.15. The van der Waals surface area contributed by atoms with E-state index in [4.69, 9.17) is 10.8 Å². The number of aromatic nitrogens is 1. The first-order valence-electron chi connectivity index (χ1n) is 4.87. The van der Waals surface area contributed by atoms with Crippen LogP contribution in [0.25, 0.3) is 0 Å². The van der Waals surface area contributed by atoms with Crippen LogP contribution in [-0.4, -0.2) is 34.6 Å². The Labute approximate surface area is 98.4 Å². The van der Waals surface area contributed by atoms with Crippen LogP contribution < -0.4 is 11.1 Å². The summed E-state index contributed by atoms with van der Waals surface area (Å²) in [6.07, 6.45) is 3.03. The summed E-state index contributed by atoms with van der Waals surface area (Å²) in [5.41, 5.74) is 6.15. The van der Waals surface area contributed by atoms with Gasteiger partial charge in [0, 0.05) is 6.54 Å². The molecule has 0 saturated heterocycles. The molecule has 1 rings (SSSR count). The van der Waals surface area contributed by atoms with E-state index in [1.54, 1.807) is 17.8 Å². The summed E-state index contributed by atoms with van der Waals surface area (Å²) in [5, 5.41) is 11.8. The van der Waals surface area contributed by atoms with Crippen molar-refractivity contribution in [1.29, 1.82) is 0 Å². The molecule has 0 aliphatic carbocycles. The van der Waals surface area contributed by atoms with Gasteiger partial charge in [0.2, 0.25) is 0 Å². The molecule has 1 heterocycles. The van der Waals surface area contributed by atoms with E-state index in [0.717, 1.165) is 18.7 Å². The number of carbonyl (C=O) groups is 1. The molecule has 0 aliphatic rings. The van der Waals surface area contributed by atoms with Crippen LogP contribution in [0.4, 0.5) is 11.5 Å². The van der Waals surface area contributed by atoms with Crippen molar-refractivity contribution >= 4 is 29.2 Å². The van der Waals surface area contributed by atoms with Crippen molar-refractivity contribution in [2.45, 2.75) is 6.42 Å². The van der Waals surface area contributed by atoms with Gasteiger partial charge < -0.3 is 16.2 Å². The van der Waals surface area contributed by atoms with Crippen molar-refractivity contribution in [2.24, 2.45) is 0 Å². The number of nitrogen functional groups attached to an aromatic ring is 1. The van der Waals surface area contributed by atoms with E-state index in [1.165, 1.54) is 6.07 Å². The molecule has 6 heteroatoms. The Morgan fingerprint density at radius 1 is 1.62 bits per heavy atom. The van der Waals surface area contributed by atoms with E-state index in [1.807, 2.05) is 6.26 Å². The lowest BCUT2D eigenvalue weighted by atomic mass is 10.3. The third-order valence-corrected chi connectivity index (χ3v) is 2.66. The maximum Gasteiger partial charge on any atom is 0.354 e. The molecule has 88 valence electrons. The molecule has 0 unspecified atom stereocenters. The first kappa shape index (κ1) is 12.6. The predicted octanol–water partition coefficient (Wildman–Crippen LogP) is 1.53. The quantitative estimate of drug-likeness (QED) is 0.654. The topological polar surface area (TPSA) is 88.2 Å². The van der Waals surface area contributed by atoms with E-state index >= 15 is 0 Å². The van der Waals surface area contributed by atoms with E-state index in [2.05, 4.69) is 10.3 Å². The second-order valence-corrected chi connectivity index (χ2v) is 4.20. The fraction of sp³-hybridized carbons (Fsp3) is 0.400. The van der Waals surface area contributed by atoms with Crippen LogP contribution in [0, 0.1) is 0 Å². The molecule has 0 aliphatic heterocycles. The number of carboxylic acids is 1. The standard InChI is InChI=1S/C10H15N3O2S/c1-16-6-2-5-12-9-7(11)3-4-8(13-9)10(14)15/h3-4H,2,5-6,11H2,1H3,(H,12,13)(H,14,15). The zero-order valence-corrected chi connectivity index (χ0v) is 9.88. The molecule has 0 amide bonds. The third-order valence-electron chi connectivity index (χ3n) is 1.96. The van der Waals surface area contributed by atoms with Crippen molar-refractivity contribution in [3.8, 4) is 0 Å².